The lowest BCUT2D eigenvalue weighted by Crippen LogP contribution is -2.52. The van der Waals surface area contributed by atoms with Crippen LogP contribution in [0.4, 0.5) is 14.6 Å². The van der Waals surface area contributed by atoms with Crippen LogP contribution in [0.2, 0.25) is 0 Å². The Bertz CT molecular complexity index is 1030. The summed E-state index contributed by atoms with van der Waals surface area (Å²) in [5, 5.41) is 6.39. The zero-order valence-corrected chi connectivity index (χ0v) is 21.4. The standard InChI is InChI=1S/C27H39F2N5O/c1-5-6-24(31-20-8-7-18-11-19(28)12-23(29)22(18)13-20)26(35)32-25-15-33(17-30-25)14-21-9-10-34(21)16-27(2,3)4/h11-12,15,17,20-21,24,31H,5-10,13-14,16H2,1-4H3,(H,32,35)/t20-,21-,24-/m0/s1. The number of aromatic nitrogens is 2. The number of nitrogens with zero attached hydrogens (tertiary/aromatic N) is 3. The van der Waals surface area contributed by atoms with Gasteiger partial charge in [-0.25, -0.2) is 13.8 Å². The van der Waals surface area contributed by atoms with Gasteiger partial charge in [-0.05, 0) is 54.7 Å². The summed E-state index contributed by atoms with van der Waals surface area (Å²) >= 11 is 0. The number of carbonyl (C=O) groups is 1. The molecule has 1 aliphatic carbocycles. The second kappa shape index (κ2) is 10.7. The molecule has 4 rings (SSSR count). The Labute approximate surface area is 207 Å². The molecular weight excluding hydrogens is 448 g/mol. The molecule has 2 heterocycles. The molecule has 0 saturated carbocycles. The molecule has 8 heteroatoms. The molecule has 1 aromatic heterocycles. The smallest absolute Gasteiger partial charge is 0.242 e. The highest BCUT2D eigenvalue weighted by Crippen LogP contribution is 2.27. The summed E-state index contributed by atoms with van der Waals surface area (Å²) < 4.78 is 29.9. The minimum absolute atomic E-state index is 0.0327. The number of aryl methyl sites for hydroxylation is 1. The van der Waals surface area contributed by atoms with Gasteiger partial charge in [0, 0.05) is 44.0 Å². The average molecular weight is 488 g/mol. The van der Waals surface area contributed by atoms with Crippen molar-refractivity contribution in [3.05, 3.63) is 47.4 Å². The number of carbonyl (C=O) groups excluding carboxylic acids is 1. The molecule has 192 valence electrons. The lowest BCUT2D eigenvalue weighted by molar-refractivity contribution is -0.118. The molecule has 1 amide bonds. The molecule has 0 radical (unpaired) electrons. The number of hydrogen-bond donors (Lipinski definition) is 2. The summed E-state index contributed by atoms with van der Waals surface area (Å²) in [4.78, 5) is 20.0. The molecule has 2 N–H and O–H groups in total. The maximum absolute atomic E-state index is 14.3. The number of halogens is 2. The van der Waals surface area contributed by atoms with Gasteiger partial charge in [0.25, 0.3) is 0 Å². The van der Waals surface area contributed by atoms with Crippen molar-refractivity contribution in [1.29, 1.82) is 0 Å². The van der Waals surface area contributed by atoms with Crippen LogP contribution in [0, 0.1) is 17.0 Å². The number of anilines is 1. The predicted octanol–water partition coefficient (Wildman–Crippen LogP) is 4.54. The normalized spacial score (nSPS) is 21.3. The van der Waals surface area contributed by atoms with Gasteiger partial charge in [-0.2, -0.15) is 0 Å². The van der Waals surface area contributed by atoms with E-state index in [1.807, 2.05) is 13.1 Å². The van der Waals surface area contributed by atoms with E-state index in [0.29, 0.717) is 36.7 Å². The number of amides is 1. The van der Waals surface area contributed by atoms with Crippen molar-refractivity contribution >= 4 is 11.7 Å². The van der Waals surface area contributed by atoms with Gasteiger partial charge >= 0.3 is 0 Å². The second-order valence-corrected chi connectivity index (χ2v) is 11.4. The molecule has 0 spiro atoms. The first kappa shape index (κ1) is 25.8. The van der Waals surface area contributed by atoms with Gasteiger partial charge in [-0.3, -0.25) is 9.69 Å². The highest BCUT2D eigenvalue weighted by Gasteiger charge is 2.31. The third kappa shape index (κ3) is 6.67. The molecule has 35 heavy (non-hydrogen) atoms. The summed E-state index contributed by atoms with van der Waals surface area (Å²) in [5.74, 6) is -0.605. The molecule has 1 fully saturated rings. The van der Waals surface area contributed by atoms with E-state index >= 15 is 0 Å². The summed E-state index contributed by atoms with van der Waals surface area (Å²) in [5.41, 5.74) is 1.56. The van der Waals surface area contributed by atoms with Crippen LogP contribution in [-0.4, -0.2) is 51.6 Å². The van der Waals surface area contributed by atoms with Crippen LogP contribution in [0.1, 0.15) is 64.5 Å². The second-order valence-electron chi connectivity index (χ2n) is 11.4. The molecular formula is C27H39F2N5O. The van der Waals surface area contributed by atoms with Gasteiger partial charge in [0.05, 0.1) is 12.4 Å². The first-order chi connectivity index (χ1) is 16.6. The minimum Gasteiger partial charge on any atom is -0.334 e. The fourth-order valence-corrected chi connectivity index (χ4v) is 5.29. The van der Waals surface area contributed by atoms with Gasteiger partial charge in [-0.1, -0.05) is 34.1 Å². The highest BCUT2D eigenvalue weighted by atomic mass is 19.1. The van der Waals surface area contributed by atoms with Crippen molar-refractivity contribution in [2.45, 2.75) is 90.9 Å². The number of likely N-dealkylation sites (tertiary alicyclic amines) is 1. The lowest BCUT2D eigenvalue weighted by Gasteiger charge is -2.44. The van der Waals surface area contributed by atoms with Crippen LogP contribution in [0.5, 0.6) is 0 Å². The van der Waals surface area contributed by atoms with Crippen molar-refractivity contribution in [1.82, 2.24) is 19.8 Å². The molecule has 6 nitrogen and oxygen atoms in total. The molecule has 1 aliphatic heterocycles. The third-order valence-corrected chi connectivity index (χ3v) is 7.05. The number of nitrogens with one attached hydrogen (secondary N) is 2. The largest absolute Gasteiger partial charge is 0.334 e. The molecule has 3 atom stereocenters. The van der Waals surface area contributed by atoms with Crippen molar-refractivity contribution in [3.8, 4) is 0 Å². The highest BCUT2D eigenvalue weighted by molar-refractivity contribution is 5.94. The van der Waals surface area contributed by atoms with E-state index in [4.69, 9.17) is 0 Å². The van der Waals surface area contributed by atoms with Gasteiger partial charge in [0.15, 0.2) is 5.82 Å². The van der Waals surface area contributed by atoms with E-state index < -0.39 is 17.7 Å². The number of rotatable bonds is 9. The summed E-state index contributed by atoms with van der Waals surface area (Å²) in [6, 6.07) is 2.45. The van der Waals surface area contributed by atoms with Crippen LogP contribution >= 0.6 is 0 Å². The summed E-state index contributed by atoms with van der Waals surface area (Å²) in [7, 11) is 0. The first-order valence-corrected chi connectivity index (χ1v) is 12.9. The molecule has 0 bridgehead atoms. The van der Waals surface area contributed by atoms with Crippen LogP contribution in [0.15, 0.2) is 24.7 Å². The maximum atomic E-state index is 14.3. The first-order valence-electron chi connectivity index (χ1n) is 12.9. The third-order valence-electron chi connectivity index (χ3n) is 7.05. The predicted molar refractivity (Wildman–Crippen MR) is 134 cm³/mol. The Hall–Kier alpha value is -2.32. The molecule has 1 aromatic carbocycles. The Morgan fingerprint density at radius 1 is 1.26 bits per heavy atom. The SMILES string of the molecule is CCC[C@H](N[C@H]1CCc2cc(F)cc(F)c2C1)C(=O)Nc1cn(C[C@@H]2CCN2CC(C)(C)C)cn1. The van der Waals surface area contributed by atoms with Crippen LogP contribution in [0.3, 0.4) is 0 Å². The van der Waals surface area contributed by atoms with E-state index in [2.05, 4.69) is 45.9 Å². The minimum atomic E-state index is -0.533. The topological polar surface area (TPSA) is 62.2 Å². The van der Waals surface area contributed by atoms with E-state index in [-0.39, 0.29) is 17.4 Å². The summed E-state index contributed by atoms with van der Waals surface area (Å²) in [6.45, 7) is 11.9. The van der Waals surface area contributed by atoms with E-state index in [0.717, 1.165) is 44.1 Å². The van der Waals surface area contributed by atoms with Gasteiger partial charge in [0.2, 0.25) is 5.91 Å². The van der Waals surface area contributed by atoms with E-state index in [1.165, 1.54) is 12.5 Å². The van der Waals surface area contributed by atoms with E-state index in [9.17, 15) is 13.6 Å². The molecule has 1 saturated heterocycles. The zero-order valence-electron chi connectivity index (χ0n) is 21.4. The van der Waals surface area contributed by atoms with Crippen molar-refractivity contribution in [3.63, 3.8) is 0 Å². The number of benzene rings is 1. The molecule has 2 aromatic rings. The maximum Gasteiger partial charge on any atom is 0.242 e. The average Bonchev–Trinajstić information content (AvgIpc) is 3.21. The van der Waals surface area contributed by atoms with Crippen LogP contribution in [0.25, 0.3) is 0 Å². The Morgan fingerprint density at radius 3 is 2.74 bits per heavy atom. The van der Waals surface area contributed by atoms with Crippen molar-refractivity contribution < 1.29 is 13.6 Å². The number of hydrogen-bond acceptors (Lipinski definition) is 4. The van der Waals surface area contributed by atoms with Crippen LogP contribution in [-0.2, 0) is 24.2 Å². The van der Waals surface area contributed by atoms with Crippen molar-refractivity contribution in [2.75, 3.05) is 18.4 Å². The number of fused-ring (bicyclic) bond motifs is 1. The lowest BCUT2D eigenvalue weighted by atomic mass is 9.87. The van der Waals surface area contributed by atoms with Crippen molar-refractivity contribution in [2.24, 2.45) is 5.41 Å². The number of imidazole rings is 1. The monoisotopic (exact) mass is 487 g/mol. The quantitative estimate of drug-likeness (QED) is 0.545. The fourth-order valence-electron chi connectivity index (χ4n) is 5.29. The Kier molecular flexibility index (Phi) is 7.91. The van der Waals surface area contributed by atoms with Crippen LogP contribution < -0.4 is 10.6 Å². The van der Waals surface area contributed by atoms with E-state index in [1.54, 1.807) is 6.33 Å². The van der Waals surface area contributed by atoms with Gasteiger partial charge in [-0.15, -0.1) is 0 Å². The summed E-state index contributed by atoms with van der Waals surface area (Å²) in [6.07, 6.45) is 8.16. The Balaban J connectivity index is 1.33. The van der Waals surface area contributed by atoms with Gasteiger partial charge < -0.3 is 15.2 Å². The Morgan fingerprint density at radius 2 is 2.06 bits per heavy atom. The zero-order chi connectivity index (χ0) is 25.2. The fraction of sp³-hybridized carbons (Fsp3) is 0.630. The molecule has 0 unspecified atom stereocenters. The molecule has 2 aliphatic rings. The van der Waals surface area contributed by atoms with Gasteiger partial charge in [0.1, 0.15) is 11.6 Å².